The lowest BCUT2D eigenvalue weighted by Gasteiger charge is -2.08. The van der Waals surface area contributed by atoms with Gasteiger partial charge >= 0.3 is 0 Å². The molecule has 1 aromatic rings. The molecule has 1 aromatic carbocycles. The molecule has 0 radical (unpaired) electrons. The molecule has 0 heterocycles. The number of ether oxygens (including phenoxy) is 1. The summed E-state index contributed by atoms with van der Waals surface area (Å²) in [7, 11) is 0. The molecule has 0 N–H and O–H groups in total. The van der Waals surface area contributed by atoms with Crippen molar-refractivity contribution in [3.05, 3.63) is 29.3 Å². The number of ketones is 1. The number of benzene rings is 1. The Bertz CT molecular complexity index is 361. The zero-order valence-corrected chi connectivity index (χ0v) is 10.5. The van der Waals surface area contributed by atoms with E-state index in [0.29, 0.717) is 18.9 Å². The number of rotatable bonds is 6. The van der Waals surface area contributed by atoms with Crippen molar-refractivity contribution < 1.29 is 9.53 Å². The summed E-state index contributed by atoms with van der Waals surface area (Å²) >= 11 is 5.56. The van der Waals surface area contributed by atoms with Crippen LogP contribution in [0.1, 0.15) is 35.7 Å². The van der Waals surface area contributed by atoms with Gasteiger partial charge < -0.3 is 4.74 Å². The zero-order valence-electron chi connectivity index (χ0n) is 9.75. The largest absolute Gasteiger partial charge is 0.494 e. The highest BCUT2D eigenvalue weighted by Crippen LogP contribution is 2.20. The monoisotopic (exact) mass is 240 g/mol. The predicted octanol–water partition coefficient (Wildman–Crippen LogP) is 3.60. The maximum absolute atomic E-state index is 11.7. The fourth-order valence-electron chi connectivity index (χ4n) is 1.51. The van der Waals surface area contributed by atoms with Crippen LogP contribution in [0.15, 0.2) is 18.2 Å². The van der Waals surface area contributed by atoms with Gasteiger partial charge in [0.2, 0.25) is 0 Å². The summed E-state index contributed by atoms with van der Waals surface area (Å²) in [6.07, 6.45) is 1.24. The first kappa shape index (κ1) is 13.0. The average molecular weight is 241 g/mol. The van der Waals surface area contributed by atoms with Crippen molar-refractivity contribution in [2.45, 2.75) is 26.7 Å². The summed E-state index contributed by atoms with van der Waals surface area (Å²) in [5.41, 5.74) is 1.74. The molecule has 0 saturated carbocycles. The topological polar surface area (TPSA) is 26.3 Å². The van der Waals surface area contributed by atoms with Crippen molar-refractivity contribution in [3.63, 3.8) is 0 Å². The van der Waals surface area contributed by atoms with Gasteiger partial charge in [0.05, 0.1) is 6.61 Å². The third kappa shape index (κ3) is 3.53. The van der Waals surface area contributed by atoms with Gasteiger partial charge in [-0.25, -0.2) is 0 Å². The van der Waals surface area contributed by atoms with Crippen LogP contribution in [0.25, 0.3) is 0 Å². The molecular weight excluding hydrogens is 224 g/mol. The van der Waals surface area contributed by atoms with Crippen molar-refractivity contribution in [2.24, 2.45) is 0 Å². The molecular formula is C13H17ClO2. The van der Waals surface area contributed by atoms with Gasteiger partial charge in [-0.15, -0.1) is 11.6 Å². The van der Waals surface area contributed by atoms with Crippen LogP contribution in [0.3, 0.4) is 0 Å². The van der Waals surface area contributed by atoms with Crippen LogP contribution < -0.4 is 4.74 Å². The van der Waals surface area contributed by atoms with Crippen molar-refractivity contribution in [3.8, 4) is 5.75 Å². The number of halogens is 1. The molecule has 0 aliphatic heterocycles. The lowest BCUT2D eigenvalue weighted by molar-refractivity contribution is 0.0982. The lowest BCUT2D eigenvalue weighted by atomic mass is 10.0. The van der Waals surface area contributed by atoms with Gasteiger partial charge in [0.15, 0.2) is 5.78 Å². The Morgan fingerprint density at radius 2 is 2.19 bits per heavy atom. The molecule has 0 aliphatic rings. The summed E-state index contributed by atoms with van der Waals surface area (Å²) in [4.78, 5) is 11.7. The molecule has 88 valence electrons. The third-order valence-corrected chi connectivity index (χ3v) is 2.60. The van der Waals surface area contributed by atoms with E-state index in [1.165, 1.54) is 0 Å². The maximum Gasteiger partial charge on any atom is 0.162 e. The first-order valence-electron chi connectivity index (χ1n) is 5.51. The Labute approximate surface area is 102 Å². The molecule has 3 heteroatoms. The van der Waals surface area contributed by atoms with E-state index in [9.17, 15) is 4.79 Å². The van der Waals surface area contributed by atoms with Crippen LogP contribution in [0.5, 0.6) is 5.75 Å². The van der Waals surface area contributed by atoms with Crippen LogP contribution >= 0.6 is 11.6 Å². The Balaban J connectivity index is 2.76. The van der Waals surface area contributed by atoms with Crippen molar-refractivity contribution >= 4 is 17.4 Å². The first-order valence-corrected chi connectivity index (χ1v) is 6.05. The summed E-state index contributed by atoms with van der Waals surface area (Å²) in [5.74, 6) is 1.52. The van der Waals surface area contributed by atoms with Crippen molar-refractivity contribution in [1.29, 1.82) is 0 Å². The van der Waals surface area contributed by atoms with Gasteiger partial charge in [-0.2, -0.15) is 0 Å². The second kappa shape index (κ2) is 6.54. The van der Waals surface area contributed by atoms with E-state index in [1.807, 2.05) is 32.0 Å². The van der Waals surface area contributed by atoms with Crippen LogP contribution in [0.4, 0.5) is 0 Å². The summed E-state index contributed by atoms with van der Waals surface area (Å²) in [5, 5.41) is 0. The average Bonchev–Trinajstić information content (AvgIpc) is 2.29. The van der Waals surface area contributed by atoms with Gasteiger partial charge in [-0.3, -0.25) is 4.79 Å². The highest BCUT2D eigenvalue weighted by molar-refractivity contribution is 6.18. The molecule has 16 heavy (non-hydrogen) atoms. The quantitative estimate of drug-likeness (QED) is 0.561. The minimum Gasteiger partial charge on any atom is -0.494 e. The summed E-state index contributed by atoms with van der Waals surface area (Å²) in [6, 6.07) is 5.54. The Hall–Kier alpha value is -1.02. The van der Waals surface area contributed by atoms with Crippen molar-refractivity contribution in [2.75, 3.05) is 12.5 Å². The molecule has 0 atom stereocenters. The van der Waals surface area contributed by atoms with Crippen LogP contribution in [0.2, 0.25) is 0 Å². The standard InChI is InChI=1S/C13H17ClO2/c1-3-16-13-7-6-11(9-10(13)2)12(15)5-4-8-14/h6-7,9H,3-5,8H2,1-2H3. The molecule has 0 bridgehead atoms. The summed E-state index contributed by atoms with van der Waals surface area (Å²) < 4.78 is 5.42. The van der Waals surface area contributed by atoms with E-state index >= 15 is 0 Å². The van der Waals surface area contributed by atoms with Gasteiger partial charge in [0, 0.05) is 17.9 Å². The molecule has 1 rings (SSSR count). The molecule has 0 amide bonds. The third-order valence-electron chi connectivity index (χ3n) is 2.33. The lowest BCUT2D eigenvalue weighted by Crippen LogP contribution is -2.01. The van der Waals surface area contributed by atoms with E-state index in [1.54, 1.807) is 0 Å². The minimum atomic E-state index is 0.145. The van der Waals surface area contributed by atoms with E-state index in [4.69, 9.17) is 16.3 Å². The van der Waals surface area contributed by atoms with Crippen LogP contribution in [-0.4, -0.2) is 18.3 Å². The number of aryl methyl sites for hydroxylation is 1. The summed E-state index contributed by atoms with van der Waals surface area (Å²) in [6.45, 7) is 4.53. The van der Waals surface area contributed by atoms with Gasteiger partial charge in [0.1, 0.15) is 5.75 Å². The van der Waals surface area contributed by atoms with Gasteiger partial charge in [0.25, 0.3) is 0 Å². The fraction of sp³-hybridized carbons (Fsp3) is 0.462. The number of hydrogen-bond donors (Lipinski definition) is 0. The fourth-order valence-corrected chi connectivity index (χ4v) is 1.65. The normalized spacial score (nSPS) is 10.2. The molecule has 0 unspecified atom stereocenters. The Kier molecular flexibility index (Phi) is 5.33. The molecule has 2 nitrogen and oxygen atoms in total. The SMILES string of the molecule is CCOc1ccc(C(=O)CCCCl)cc1C. The molecule has 0 fully saturated rings. The molecule has 0 aliphatic carbocycles. The Morgan fingerprint density at radius 1 is 1.44 bits per heavy atom. The molecule has 0 aromatic heterocycles. The maximum atomic E-state index is 11.7. The first-order chi connectivity index (χ1) is 7.69. The zero-order chi connectivity index (χ0) is 12.0. The number of hydrogen-bond acceptors (Lipinski definition) is 2. The van der Waals surface area contributed by atoms with Crippen molar-refractivity contribution in [1.82, 2.24) is 0 Å². The van der Waals surface area contributed by atoms with E-state index < -0.39 is 0 Å². The molecule has 0 spiro atoms. The van der Waals surface area contributed by atoms with Crippen LogP contribution in [0, 0.1) is 6.92 Å². The van der Waals surface area contributed by atoms with Gasteiger partial charge in [-0.05, 0) is 44.0 Å². The number of carbonyl (C=O) groups is 1. The van der Waals surface area contributed by atoms with Gasteiger partial charge in [-0.1, -0.05) is 0 Å². The number of Topliss-reactive ketones (excluding diaryl/α,β-unsaturated/α-hetero) is 1. The number of carbonyl (C=O) groups excluding carboxylic acids is 1. The smallest absolute Gasteiger partial charge is 0.162 e. The van der Waals surface area contributed by atoms with Crippen LogP contribution in [-0.2, 0) is 0 Å². The Morgan fingerprint density at radius 3 is 2.75 bits per heavy atom. The second-order valence-corrected chi connectivity index (χ2v) is 4.01. The van der Waals surface area contributed by atoms with E-state index in [2.05, 4.69) is 0 Å². The highest BCUT2D eigenvalue weighted by atomic mass is 35.5. The predicted molar refractivity (Wildman–Crippen MR) is 66.6 cm³/mol. The second-order valence-electron chi connectivity index (χ2n) is 3.63. The number of alkyl halides is 1. The minimum absolute atomic E-state index is 0.145. The van der Waals surface area contributed by atoms with E-state index in [-0.39, 0.29) is 5.78 Å². The molecule has 0 saturated heterocycles. The highest BCUT2D eigenvalue weighted by Gasteiger charge is 2.07. The van der Waals surface area contributed by atoms with E-state index in [0.717, 1.165) is 23.3 Å².